The minimum Gasteiger partial charge on any atom is -0.495 e. The summed E-state index contributed by atoms with van der Waals surface area (Å²) >= 11 is 0. The normalized spacial score (nSPS) is 20.1. The molecule has 36 heavy (non-hydrogen) atoms. The molecule has 0 bridgehead atoms. The quantitative estimate of drug-likeness (QED) is 0.579. The second-order valence-electron chi connectivity index (χ2n) is 8.98. The topological polar surface area (TPSA) is 113 Å². The van der Waals surface area contributed by atoms with Gasteiger partial charge in [0.1, 0.15) is 16.5 Å². The Hall–Kier alpha value is -2.54. The Morgan fingerprint density at radius 2 is 1.58 bits per heavy atom. The number of sulfonamides is 2. The molecule has 2 aliphatic rings. The number of piperidine rings is 2. The van der Waals surface area contributed by atoms with E-state index >= 15 is 0 Å². The number of benzene rings is 2. The van der Waals surface area contributed by atoms with Gasteiger partial charge in [0.05, 0.1) is 17.9 Å². The van der Waals surface area contributed by atoms with Crippen molar-refractivity contribution < 1.29 is 30.8 Å². The van der Waals surface area contributed by atoms with Gasteiger partial charge in [0, 0.05) is 31.9 Å². The number of anilines is 1. The molecule has 2 saturated heterocycles. The fourth-order valence-corrected chi connectivity index (χ4v) is 7.80. The van der Waals surface area contributed by atoms with E-state index in [-0.39, 0.29) is 34.3 Å². The van der Waals surface area contributed by atoms with Crippen LogP contribution in [0, 0.1) is 11.7 Å². The van der Waals surface area contributed by atoms with Crippen molar-refractivity contribution in [3.63, 3.8) is 0 Å². The first-order valence-electron chi connectivity index (χ1n) is 11.9. The van der Waals surface area contributed by atoms with Gasteiger partial charge >= 0.3 is 0 Å². The maximum Gasteiger partial charge on any atom is 0.246 e. The molecular formula is C24H30FN3O6S2. The summed E-state index contributed by atoms with van der Waals surface area (Å²) in [4.78, 5) is 13.0. The fraction of sp³-hybridized carbons (Fsp3) is 0.458. The molecule has 1 N–H and O–H groups in total. The molecule has 9 nitrogen and oxygen atoms in total. The molecule has 2 aromatic rings. The summed E-state index contributed by atoms with van der Waals surface area (Å²) in [6, 6.07) is 9.02. The first-order valence-corrected chi connectivity index (χ1v) is 14.8. The highest BCUT2D eigenvalue weighted by Gasteiger charge is 2.34. The molecule has 4 rings (SSSR count). The molecule has 0 radical (unpaired) electrons. The maximum absolute atomic E-state index is 13.3. The van der Waals surface area contributed by atoms with Crippen molar-refractivity contribution in [2.24, 2.45) is 5.92 Å². The van der Waals surface area contributed by atoms with Gasteiger partial charge in [-0.2, -0.15) is 8.61 Å². The zero-order valence-electron chi connectivity index (χ0n) is 20.0. The molecule has 2 fully saturated rings. The lowest BCUT2D eigenvalue weighted by Crippen LogP contribution is -2.43. The van der Waals surface area contributed by atoms with Crippen LogP contribution in [-0.2, 0) is 24.8 Å². The zero-order chi connectivity index (χ0) is 25.9. The van der Waals surface area contributed by atoms with E-state index in [1.165, 1.54) is 40.0 Å². The first-order chi connectivity index (χ1) is 17.1. The highest BCUT2D eigenvalue weighted by molar-refractivity contribution is 7.89. The number of nitrogens with one attached hydrogen (secondary N) is 1. The number of nitrogens with zero attached hydrogens (tertiary/aromatic N) is 2. The van der Waals surface area contributed by atoms with Crippen LogP contribution in [0.15, 0.2) is 52.3 Å². The number of hydrogen-bond donors (Lipinski definition) is 1. The Morgan fingerprint density at radius 1 is 0.917 bits per heavy atom. The summed E-state index contributed by atoms with van der Waals surface area (Å²) in [5.74, 6) is -1.38. The average Bonchev–Trinajstić information content (AvgIpc) is 2.89. The molecule has 0 saturated carbocycles. The zero-order valence-corrected chi connectivity index (χ0v) is 21.7. The number of rotatable bonds is 7. The molecule has 12 heteroatoms. The van der Waals surface area contributed by atoms with Crippen molar-refractivity contribution in [2.75, 3.05) is 38.6 Å². The van der Waals surface area contributed by atoms with Gasteiger partial charge in [0.2, 0.25) is 26.0 Å². The van der Waals surface area contributed by atoms with E-state index in [0.717, 1.165) is 31.4 Å². The van der Waals surface area contributed by atoms with Crippen LogP contribution in [0.25, 0.3) is 0 Å². The minimum atomic E-state index is -3.88. The maximum atomic E-state index is 13.3. The second-order valence-corrected chi connectivity index (χ2v) is 12.8. The highest BCUT2D eigenvalue weighted by Crippen LogP contribution is 2.32. The van der Waals surface area contributed by atoms with Gasteiger partial charge in [0.25, 0.3) is 0 Å². The number of ether oxygens (including phenoxy) is 1. The van der Waals surface area contributed by atoms with Crippen molar-refractivity contribution in [2.45, 2.75) is 41.9 Å². The Morgan fingerprint density at radius 3 is 2.25 bits per heavy atom. The van der Waals surface area contributed by atoms with Crippen LogP contribution in [0.2, 0.25) is 0 Å². The number of amides is 1. The Kier molecular flexibility index (Phi) is 7.98. The largest absolute Gasteiger partial charge is 0.495 e. The van der Waals surface area contributed by atoms with Crippen LogP contribution >= 0.6 is 0 Å². The third-order valence-electron chi connectivity index (χ3n) is 6.57. The van der Waals surface area contributed by atoms with Crippen LogP contribution in [-0.4, -0.2) is 64.6 Å². The van der Waals surface area contributed by atoms with Gasteiger partial charge in [-0.25, -0.2) is 21.2 Å². The summed E-state index contributed by atoms with van der Waals surface area (Å²) in [6.07, 6.45) is 3.52. The van der Waals surface area contributed by atoms with Crippen molar-refractivity contribution in [3.05, 3.63) is 48.3 Å². The number of carbonyl (C=O) groups excluding carboxylic acids is 1. The van der Waals surface area contributed by atoms with Gasteiger partial charge in [-0.05, 0) is 68.1 Å². The molecule has 1 amide bonds. The summed E-state index contributed by atoms with van der Waals surface area (Å²) in [5, 5.41) is 2.75. The Bertz CT molecular complexity index is 1310. The monoisotopic (exact) mass is 539 g/mol. The van der Waals surface area contributed by atoms with Crippen LogP contribution < -0.4 is 10.1 Å². The molecule has 2 heterocycles. The van der Waals surface area contributed by atoms with E-state index in [0.29, 0.717) is 25.9 Å². The summed E-state index contributed by atoms with van der Waals surface area (Å²) in [6.45, 7) is 1.09. The van der Waals surface area contributed by atoms with Crippen molar-refractivity contribution in [1.29, 1.82) is 0 Å². The Labute approximate surface area is 211 Å². The Balaban J connectivity index is 1.51. The number of methoxy groups -OCH3 is 1. The minimum absolute atomic E-state index is 0.0196. The summed E-state index contributed by atoms with van der Waals surface area (Å²) < 4.78 is 73.7. The molecule has 196 valence electrons. The van der Waals surface area contributed by atoms with Gasteiger partial charge in [0.15, 0.2) is 0 Å². The van der Waals surface area contributed by atoms with E-state index in [2.05, 4.69) is 5.32 Å². The van der Waals surface area contributed by atoms with Gasteiger partial charge in [-0.15, -0.1) is 0 Å². The molecule has 2 aliphatic heterocycles. The van der Waals surface area contributed by atoms with Crippen molar-refractivity contribution in [3.8, 4) is 5.75 Å². The molecular weight excluding hydrogens is 509 g/mol. The molecule has 0 spiro atoms. The van der Waals surface area contributed by atoms with Gasteiger partial charge < -0.3 is 10.1 Å². The standard InChI is InChI=1S/C24H30FN3O6S2/c1-34-22-12-9-20(16-23(22)36(32,33)27-13-3-2-4-14-27)26-24(29)18-6-5-15-28(17-18)35(30,31)21-10-7-19(25)8-11-21/h7-12,16,18H,2-6,13-15,17H2,1H3,(H,26,29). The van der Waals surface area contributed by atoms with Crippen LogP contribution in [0.1, 0.15) is 32.1 Å². The van der Waals surface area contributed by atoms with Crippen molar-refractivity contribution in [1.82, 2.24) is 8.61 Å². The SMILES string of the molecule is COc1ccc(NC(=O)C2CCCN(S(=O)(=O)c3ccc(F)cc3)C2)cc1S(=O)(=O)N1CCCCC1. The lowest BCUT2D eigenvalue weighted by atomic mass is 9.98. The molecule has 0 aromatic heterocycles. The molecule has 1 unspecified atom stereocenters. The number of halogens is 1. The smallest absolute Gasteiger partial charge is 0.246 e. The lowest BCUT2D eigenvalue weighted by Gasteiger charge is -2.31. The summed E-state index contributed by atoms with van der Waals surface area (Å²) in [5.41, 5.74) is 0.287. The predicted octanol–water partition coefficient (Wildman–Crippen LogP) is 3.05. The number of hydrogen-bond acceptors (Lipinski definition) is 6. The average molecular weight is 540 g/mol. The van der Waals surface area contributed by atoms with E-state index < -0.39 is 37.7 Å². The van der Waals surface area contributed by atoms with Gasteiger partial charge in [-0.3, -0.25) is 4.79 Å². The molecule has 0 aliphatic carbocycles. The van der Waals surface area contributed by atoms with E-state index in [4.69, 9.17) is 4.74 Å². The third-order valence-corrected chi connectivity index (χ3v) is 10.4. The summed E-state index contributed by atoms with van der Waals surface area (Å²) in [7, 11) is -6.30. The number of carbonyl (C=O) groups is 1. The fourth-order valence-electron chi connectivity index (χ4n) is 4.58. The van der Waals surface area contributed by atoms with Crippen LogP contribution in [0.3, 0.4) is 0 Å². The van der Waals surface area contributed by atoms with Crippen LogP contribution in [0.4, 0.5) is 10.1 Å². The highest BCUT2D eigenvalue weighted by atomic mass is 32.2. The van der Waals surface area contributed by atoms with Gasteiger partial charge in [-0.1, -0.05) is 6.42 Å². The third kappa shape index (κ3) is 5.56. The molecule has 1 atom stereocenters. The van der Waals surface area contributed by atoms with E-state index in [1.807, 2.05) is 0 Å². The van der Waals surface area contributed by atoms with Crippen molar-refractivity contribution >= 4 is 31.6 Å². The molecule has 2 aromatic carbocycles. The first kappa shape index (κ1) is 26.5. The predicted molar refractivity (Wildman–Crippen MR) is 132 cm³/mol. The lowest BCUT2D eigenvalue weighted by molar-refractivity contribution is -0.120. The van der Waals surface area contributed by atoms with E-state index in [1.54, 1.807) is 6.07 Å². The van der Waals surface area contributed by atoms with Crippen LogP contribution in [0.5, 0.6) is 5.75 Å². The second kappa shape index (κ2) is 10.8. The van der Waals surface area contributed by atoms with E-state index in [9.17, 15) is 26.0 Å².